The van der Waals surface area contributed by atoms with Crippen molar-refractivity contribution in [2.45, 2.75) is 13.2 Å². The maximum atomic E-state index is 12.9. The largest absolute Gasteiger partial charge is 0.488 e. The molecule has 0 amide bonds. The van der Waals surface area contributed by atoms with Crippen LogP contribution < -0.4 is 10.5 Å². The van der Waals surface area contributed by atoms with E-state index in [4.69, 9.17) is 10.5 Å². The summed E-state index contributed by atoms with van der Waals surface area (Å²) in [5.74, 6) is 0.334. The zero-order valence-corrected chi connectivity index (χ0v) is 11.3. The van der Waals surface area contributed by atoms with Crippen LogP contribution in [-0.4, -0.2) is 0 Å². The fourth-order valence-corrected chi connectivity index (χ4v) is 1.99. The van der Waals surface area contributed by atoms with E-state index in [1.54, 1.807) is 6.07 Å². The van der Waals surface area contributed by atoms with Gasteiger partial charge in [-0.1, -0.05) is 24.3 Å². The van der Waals surface area contributed by atoms with Crippen molar-refractivity contribution in [3.63, 3.8) is 0 Å². The smallest absolute Gasteiger partial charge is 0.134 e. The van der Waals surface area contributed by atoms with Crippen LogP contribution in [0.4, 0.5) is 4.39 Å². The Bertz CT molecular complexity index is 528. The predicted octanol–water partition coefficient (Wildman–Crippen LogP) is 3.63. The van der Waals surface area contributed by atoms with E-state index in [0.717, 1.165) is 11.1 Å². The molecule has 0 atom stereocenters. The van der Waals surface area contributed by atoms with E-state index in [-0.39, 0.29) is 5.82 Å². The van der Waals surface area contributed by atoms with Gasteiger partial charge in [0.25, 0.3) is 0 Å². The molecule has 0 aromatic heterocycles. The molecule has 0 heterocycles. The molecule has 0 bridgehead atoms. The molecule has 2 nitrogen and oxygen atoms in total. The molecule has 0 spiro atoms. The summed E-state index contributed by atoms with van der Waals surface area (Å²) >= 11 is 3.26. The van der Waals surface area contributed by atoms with Gasteiger partial charge in [0.2, 0.25) is 0 Å². The summed E-state index contributed by atoms with van der Waals surface area (Å²) in [6.07, 6.45) is 0. The minimum absolute atomic E-state index is 0.290. The number of halogens is 2. The Hall–Kier alpha value is -1.39. The second-order valence-electron chi connectivity index (χ2n) is 3.88. The molecule has 0 aliphatic heterocycles. The lowest BCUT2D eigenvalue weighted by atomic mass is 10.1. The number of ether oxygens (including phenoxy) is 1. The van der Waals surface area contributed by atoms with Gasteiger partial charge >= 0.3 is 0 Å². The lowest BCUT2D eigenvalue weighted by molar-refractivity contribution is 0.303. The molecule has 18 heavy (non-hydrogen) atoms. The molecule has 0 saturated heterocycles. The van der Waals surface area contributed by atoms with Gasteiger partial charge in [0.1, 0.15) is 18.2 Å². The summed E-state index contributed by atoms with van der Waals surface area (Å²) in [5, 5.41) is 0. The summed E-state index contributed by atoms with van der Waals surface area (Å²) in [6, 6.07) is 12.2. The molecule has 0 unspecified atom stereocenters. The Morgan fingerprint density at radius 1 is 1.06 bits per heavy atom. The first kappa shape index (κ1) is 13.1. The fourth-order valence-electron chi connectivity index (χ4n) is 1.52. The van der Waals surface area contributed by atoms with Crippen molar-refractivity contribution in [2.24, 2.45) is 5.73 Å². The Morgan fingerprint density at radius 2 is 1.72 bits per heavy atom. The van der Waals surface area contributed by atoms with Crippen molar-refractivity contribution in [1.82, 2.24) is 0 Å². The highest BCUT2D eigenvalue weighted by atomic mass is 79.9. The topological polar surface area (TPSA) is 35.2 Å². The Kier molecular flexibility index (Phi) is 4.33. The SMILES string of the molecule is NCc1ccc(COc2ccc(F)cc2Br)cc1. The van der Waals surface area contributed by atoms with E-state index in [0.29, 0.717) is 23.4 Å². The van der Waals surface area contributed by atoms with Gasteiger partial charge in [0.15, 0.2) is 0 Å². The highest BCUT2D eigenvalue weighted by Crippen LogP contribution is 2.26. The number of rotatable bonds is 4. The fraction of sp³-hybridized carbons (Fsp3) is 0.143. The number of hydrogen-bond acceptors (Lipinski definition) is 2. The molecule has 0 aliphatic carbocycles. The standard InChI is InChI=1S/C14H13BrFNO/c15-13-7-12(16)5-6-14(13)18-9-11-3-1-10(8-17)2-4-11/h1-7H,8-9,17H2. The van der Waals surface area contributed by atoms with Crippen LogP contribution in [-0.2, 0) is 13.2 Å². The van der Waals surface area contributed by atoms with E-state index >= 15 is 0 Å². The highest BCUT2D eigenvalue weighted by Gasteiger charge is 2.03. The minimum Gasteiger partial charge on any atom is -0.488 e. The monoisotopic (exact) mass is 309 g/mol. The summed E-state index contributed by atoms with van der Waals surface area (Å²) < 4.78 is 19.1. The van der Waals surface area contributed by atoms with Crippen molar-refractivity contribution in [3.8, 4) is 5.75 Å². The van der Waals surface area contributed by atoms with Gasteiger partial charge in [-0.25, -0.2) is 4.39 Å². The van der Waals surface area contributed by atoms with Crippen LogP contribution in [0.5, 0.6) is 5.75 Å². The first-order valence-electron chi connectivity index (χ1n) is 5.55. The third kappa shape index (κ3) is 3.31. The van der Waals surface area contributed by atoms with E-state index in [9.17, 15) is 4.39 Å². The zero-order chi connectivity index (χ0) is 13.0. The van der Waals surface area contributed by atoms with E-state index < -0.39 is 0 Å². The summed E-state index contributed by atoms with van der Waals surface area (Å²) in [7, 11) is 0. The molecule has 0 fully saturated rings. The van der Waals surface area contributed by atoms with Gasteiger partial charge in [0, 0.05) is 6.54 Å². The first-order valence-corrected chi connectivity index (χ1v) is 6.34. The molecule has 2 rings (SSSR count). The maximum absolute atomic E-state index is 12.9. The first-order chi connectivity index (χ1) is 8.69. The van der Waals surface area contributed by atoms with E-state index in [1.807, 2.05) is 24.3 Å². The minimum atomic E-state index is -0.290. The second-order valence-corrected chi connectivity index (χ2v) is 4.74. The van der Waals surface area contributed by atoms with Crippen LogP contribution >= 0.6 is 15.9 Å². The lowest BCUT2D eigenvalue weighted by Crippen LogP contribution is -1.99. The quantitative estimate of drug-likeness (QED) is 0.936. The lowest BCUT2D eigenvalue weighted by Gasteiger charge is -2.08. The van der Waals surface area contributed by atoms with Gasteiger partial charge in [-0.05, 0) is 45.3 Å². The van der Waals surface area contributed by atoms with Gasteiger partial charge in [0.05, 0.1) is 4.47 Å². The molecule has 2 aromatic carbocycles. The van der Waals surface area contributed by atoms with Crippen LogP contribution in [0.2, 0.25) is 0 Å². The highest BCUT2D eigenvalue weighted by molar-refractivity contribution is 9.10. The predicted molar refractivity (Wildman–Crippen MR) is 72.8 cm³/mol. The van der Waals surface area contributed by atoms with Crippen LogP contribution in [0.3, 0.4) is 0 Å². The third-order valence-corrected chi connectivity index (χ3v) is 3.17. The average molecular weight is 310 g/mol. The van der Waals surface area contributed by atoms with Gasteiger partial charge in [-0.2, -0.15) is 0 Å². The van der Waals surface area contributed by atoms with Crippen LogP contribution in [0, 0.1) is 5.82 Å². The summed E-state index contributed by atoms with van der Waals surface area (Å²) in [4.78, 5) is 0. The normalized spacial score (nSPS) is 10.4. The van der Waals surface area contributed by atoms with Crippen LogP contribution in [0.15, 0.2) is 46.9 Å². The zero-order valence-electron chi connectivity index (χ0n) is 9.70. The molecular weight excluding hydrogens is 297 g/mol. The van der Waals surface area contributed by atoms with Crippen molar-refractivity contribution < 1.29 is 9.13 Å². The summed E-state index contributed by atoms with van der Waals surface area (Å²) in [6.45, 7) is 0.972. The summed E-state index contributed by atoms with van der Waals surface area (Å²) in [5.41, 5.74) is 7.66. The average Bonchev–Trinajstić information content (AvgIpc) is 2.38. The number of benzene rings is 2. The van der Waals surface area contributed by atoms with Crippen molar-refractivity contribution >= 4 is 15.9 Å². The van der Waals surface area contributed by atoms with Crippen molar-refractivity contribution in [2.75, 3.05) is 0 Å². The molecule has 0 radical (unpaired) electrons. The second kappa shape index (κ2) is 5.98. The van der Waals surface area contributed by atoms with Gasteiger partial charge < -0.3 is 10.5 Å². The Balaban J connectivity index is 2.02. The van der Waals surface area contributed by atoms with Crippen LogP contribution in [0.1, 0.15) is 11.1 Å². The third-order valence-electron chi connectivity index (χ3n) is 2.55. The number of hydrogen-bond donors (Lipinski definition) is 1. The maximum Gasteiger partial charge on any atom is 0.134 e. The van der Waals surface area contributed by atoms with Gasteiger partial charge in [-0.3, -0.25) is 0 Å². The van der Waals surface area contributed by atoms with E-state index in [2.05, 4.69) is 15.9 Å². The molecule has 2 N–H and O–H groups in total. The van der Waals surface area contributed by atoms with E-state index in [1.165, 1.54) is 12.1 Å². The molecule has 2 aromatic rings. The molecular formula is C14H13BrFNO. The molecule has 0 aliphatic rings. The van der Waals surface area contributed by atoms with Gasteiger partial charge in [-0.15, -0.1) is 0 Å². The Labute approximate surface area is 114 Å². The number of nitrogens with two attached hydrogens (primary N) is 1. The molecule has 94 valence electrons. The molecule has 4 heteroatoms. The molecule has 0 saturated carbocycles. The van der Waals surface area contributed by atoms with Crippen LogP contribution in [0.25, 0.3) is 0 Å². The van der Waals surface area contributed by atoms with Crippen molar-refractivity contribution in [1.29, 1.82) is 0 Å². The van der Waals surface area contributed by atoms with Crippen molar-refractivity contribution in [3.05, 3.63) is 63.9 Å². The Morgan fingerprint density at radius 3 is 2.33 bits per heavy atom.